The average Bonchev–Trinajstić information content (AvgIpc) is 2.27. The fourth-order valence-corrected chi connectivity index (χ4v) is 1.99. The Kier molecular flexibility index (Phi) is 3.19. The average molecular weight is 237 g/mol. The van der Waals surface area contributed by atoms with Crippen LogP contribution in [-0.2, 0) is 4.79 Å². The smallest absolute Gasteiger partial charge is 0.305 e. The maximum atomic E-state index is 10.7. The third-order valence-corrected chi connectivity index (χ3v) is 2.73. The third kappa shape index (κ3) is 2.34. The molecule has 1 aliphatic heterocycles. The van der Waals surface area contributed by atoms with Gasteiger partial charge in [-0.05, 0) is 18.6 Å². The largest absolute Gasteiger partial charge is 0.486 e. The Morgan fingerprint density at radius 3 is 2.88 bits per heavy atom. The quantitative estimate of drug-likeness (QED) is 0.826. The van der Waals surface area contributed by atoms with Gasteiger partial charge in [-0.2, -0.15) is 0 Å². The fourth-order valence-electron chi connectivity index (χ4n) is 1.99. The maximum Gasteiger partial charge on any atom is 0.305 e. The Morgan fingerprint density at radius 2 is 2.18 bits per heavy atom. The summed E-state index contributed by atoms with van der Waals surface area (Å²) >= 11 is 0. The summed E-state index contributed by atoms with van der Waals surface area (Å²) in [5.74, 6) is 0.300. The molecule has 2 rings (SSSR count). The Balaban J connectivity index is 2.40. The molecule has 1 aromatic carbocycles. The van der Waals surface area contributed by atoms with Gasteiger partial charge in [-0.25, -0.2) is 0 Å². The van der Waals surface area contributed by atoms with Gasteiger partial charge in [0.15, 0.2) is 11.5 Å². The molecule has 92 valence electrons. The van der Waals surface area contributed by atoms with Crippen LogP contribution in [0, 0.1) is 6.92 Å². The first kappa shape index (κ1) is 11.7. The van der Waals surface area contributed by atoms with Crippen LogP contribution >= 0.6 is 0 Å². The SMILES string of the molecule is Cc1ccc2c(c1C(N)CC(=O)O)OCCO2. The number of carboxylic acids is 1. The highest BCUT2D eigenvalue weighted by atomic mass is 16.6. The van der Waals surface area contributed by atoms with Crippen molar-refractivity contribution in [2.75, 3.05) is 13.2 Å². The van der Waals surface area contributed by atoms with Crippen molar-refractivity contribution >= 4 is 5.97 Å². The van der Waals surface area contributed by atoms with Crippen molar-refractivity contribution in [2.24, 2.45) is 5.73 Å². The van der Waals surface area contributed by atoms with Gasteiger partial charge in [0.25, 0.3) is 0 Å². The van der Waals surface area contributed by atoms with Gasteiger partial charge in [-0.3, -0.25) is 4.79 Å². The molecule has 1 aliphatic rings. The topological polar surface area (TPSA) is 81.8 Å². The number of hydrogen-bond donors (Lipinski definition) is 2. The number of hydrogen-bond acceptors (Lipinski definition) is 4. The number of carboxylic acid groups (broad SMARTS) is 1. The number of rotatable bonds is 3. The number of aryl methyl sites for hydroxylation is 1. The lowest BCUT2D eigenvalue weighted by Gasteiger charge is -2.24. The molecule has 3 N–H and O–H groups in total. The standard InChI is InChI=1S/C12H15NO4/c1-7-2-3-9-12(17-5-4-16-9)11(7)8(13)6-10(14)15/h2-3,8H,4-6,13H2,1H3,(H,14,15). The van der Waals surface area contributed by atoms with Crippen LogP contribution in [0.2, 0.25) is 0 Å². The van der Waals surface area contributed by atoms with Gasteiger partial charge in [0.2, 0.25) is 0 Å². The summed E-state index contributed by atoms with van der Waals surface area (Å²) in [6.07, 6.45) is -0.124. The molecule has 5 heteroatoms. The van der Waals surface area contributed by atoms with Gasteiger partial charge < -0.3 is 20.3 Å². The van der Waals surface area contributed by atoms with E-state index < -0.39 is 12.0 Å². The molecule has 0 bridgehead atoms. The number of ether oxygens (including phenoxy) is 2. The minimum atomic E-state index is -0.925. The van der Waals surface area contributed by atoms with E-state index in [1.807, 2.05) is 19.1 Å². The molecule has 1 atom stereocenters. The molecule has 0 saturated carbocycles. The predicted molar refractivity (Wildman–Crippen MR) is 61.4 cm³/mol. The highest BCUT2D eigenvalue weighted by Crippen LogP contribution is 2.39. The molecule has 1 heterocycles. The summed E-state index contributed by atoms with van der Waals surface area (Å²) < 4.78 is 11.0. The van der Waals surface area contributed by atoms with Gasteiger partial charge in [-0.15, -0.1) is 0 Å². The highest BCUT2D eigenvalue weighted by Gasteiger charge is 2.23. The maximum absolute atomic E-state index is 10.7. The minimum Gasteiger partial charge on any atom is -0.486 e. The van der Waals surface area contributed by atoms with Gasteiger partial charge >= 0.3 is 5.97 Å². The van der Waals surface area contributed by atoms with Gasteiger partial charge in [0.1, 0.15) is 13.2 Å². The molecule has 0 aromatic heterocycles. The summed E-state index contributed by atoms with van der Waals surface area (Å²) in [5.41, 5.74) is 7.55. The second kappa shape index (κ2) is 4.63. The van der Waals surface area contributed by atoms with Crippen LogP contribution in [0.4, 0.5) is 0 Å². The number of carbonyl (C=O) groups is 1. The van der Waals surface area contributed by atoms with E-state index in [0.29, 0.717) is 24.7 Å². The van der Waals surface area contributed by atoms with Crippen molar-refractivity contribution in [3.05, 3.63) is 23.3 Å². The van der Waals surface area contributed by atoms with E-state index in [4.69, 9.17) is 20.3 Å². The van der Waals surface area contributed by atoms with Crippen molar-refractivity contribution in [1.82, 2.24) is 0 Å². The lowest BCUT2D eigenvalue weighted by atomic mass is 9.97. The van der Waals surface area contributed by atoms with Crippen LogP contribution in [-0.4, -0.2) is 24.3 Å². The van der Waals surface area contributed by atoms with Crippen LogP contribution in [0.3, 0.4) is 0 Å². The molecule has 1 aromatic rings. The normalized spacial score (nSPS) is 15.4. The molecule has 0 fully saturated rings. The van der Waals surface area contributed by atoms with Crippen LogP contribution < -0.4 is 15.2 Å². The lowest BCUT2D eigenvalue weighted by molar-refractivity contribution is -0.137. The van der Waals surface area contributed by atoms with E-state index >= 15 is 0 Å². The summed E-state index contributed by atoms with van der Waals surface area (Å²) in [6.45, 7) is 2.85. The van der Waals surface area contributed by atoms with Gasteiger partial charge in [0, 0.05) is 11.6 Å². The Hall–Kier alpha value is -1.75. The van der Waals surface area contributed by atoms with Crippen LogP contribution in [0.1, 0.15) is 23.6 Å². The summed E-state index contributed by atoms with van der Waals surface area (Å²) in [4.78, 5) is 10.7. The first-order valence-corrected chi connectivity index (χ1v) is 5.46. The van der Waals surface area contributed by atoms with E-state index in [0.717, 1.165) is 11.1 Å². The van der Waals surface area contributed by atoms with E-state index in [1.54, 1.807) is 0 Å². The fraction of sp³-hybridized carbons (Fsp3) is 0.417. The molecule has 0 spiro atoms. The van der Waals surface area contributed by atoms with Crippen LogP contribution in [0.5, 0.6) is 11.5 Å². The zero-order valence-electron chi connectivity index (χ0n) is 9.60. The minimum absolute atomic E-state index is 0.124. The van der Waals surface area contributed by atoms with Gasteiger partial charge in [0.05, 0.1) is 6.42 Å². The van der Waals surface area contributed by atoms with Crippen molar-refractivity contribution in [2.45, 2.75) is 19.4 Å². The Morgan fingerprint density at radius 1 is 1.47 bits per heavy atom. The molecule has 0 amide bonds. The first-order chi connectivity index (χ1) is 8.09. The van der Waals surface area contributed by atoms with E-state index in [1.165, 1.54) is 0 Å². The van der Waals surface area contributed by atoms with Gasteiger partial charge in [-0.1, -0.05) is 6.07 Å². The second-order valence-corrected chi connectivity index (χ2v) is 4.02. The zero-order chi connectivity index (χ0) is 12.4. The molecular formula is C12H15NO4. The van der Waals surface area contributed by atoms with Crippen molar-refractivity contribution in [3.8, 4) is 11.5 Å². The van der Waals surface area contributed by atoms with E-state index in [-0.39, 0.29) is 6.42 Å². The number of benzene rings is 1. The third-order valence-electron chi connectivity index (χ3n) is 2.73. The molecule has 0 saturated heterocycles. The molecule has 17 heavy (non-hydrogen) atoms. The molecule has 0 aliphatic carbocycles. The van der Waals surface area contributed by atoms with Crippen molar-refractivity contribution in [3.63, 3.8) is 0 Å². The molecule has 5 nitrogen and oxygen atoms in total. The van der Waals surface area contributed by atoms with Crippen LogP contribution in [0.25, 0.3) is 0 Å². The molecular weight excluding hydrogens is 222 g/mol. The monoisotopic (exact) mass is 237 g/mol. The van der Waals surface area contributed by atoms with Crippen molar-refractivity contribution in [1.29, 1.82) is 0 Å². The summed E-state index contributed by atoms with van der Waals surface area (Å²) in [6, 6.07) is 3.11. The Bertz CT molecular complexity index is 444. The van der Waals surface area contributed by atoms with E-state index in [2.05, 4.69) is 0 Å². The first-order valence-electron chi connectivity index (χ1n) is 5.46. The number of aliphatic carboxylic acids is 1. The van der Waals surface area contributed by atoms with E-state index in [9.17, 15) is 4.79 Å². The highest BCUT2D eigenvalue weighted by molar-refractivity contribution is 5.68. The number of fused-ring (bicyclic) bond motifs is 1. The zero-order valence-corrected chi connectivity index (χ0v) is 9.60. The Labute approximate surface area is 99.1 Å². The number of nitrogens with two attached hydrogens (primary N) is 1. The molecule has 1 unspecified atom stereocenters. The lowest BCUT2D eigenvalue weighted by Crippen LogP contribution is -2.22. The second-order valence-electron chi connectivity index (χ2n) is 4.02. The molecule has 0 radical (unpaired) electrons. The van der Waals surface area contributed by atoms with Crippen molar-refractivity contribution < 1.29 is 19.4 Å². The summed E-state index contributed by atoms with van der Waals surface area (Å²) in [7, 11) is 0. The predicted octanol–water partition coefficient (Wildman–Crippen LogP) is 1.24. The van der Waals surface area contributed by atoms with Crippen LogP contribution in [0.15, 0.2) is 12.1 Å². The summed E-state index contributed by atoms with van der Waals surface area (Å²) in [5, 5.41) is 8.79.